The zero-order valence-corrected chi connectivity index (χ0v) is 7.28. The Morgan fingerprint density at radius 1 is 1.11 bits per heavy atom. The van der Waals surface area contributed by atoms with E-state index in [4.69, 9.17) is 0 Å². The first-order valence-corrected chi connectivity index (χ1v) is 3.42. The van der Waals surface area contributed by atoms with E-state index < -0.39 is 0 Å². The van der Waals surface area contributed by atoms with E-state index in [0.717, 1.165) is 19.5 Å². The molecule has 1 nitrogen and oxygen atoms in total. The predicted molar refractivity (Wildman–Crippen MR) is 37.7 cm³/mol. The first-order valence-electron chi connectivity index (χ1n) is 3.42. The second-order valence-electron chi connectivity index (χ2n) is 1.81. The summed E-state index contributed by atoms with van der Waals surface area (Å²) in [6.45, 7) is 8.80. The van der Waals surface area contributed by atoms with Gasteiger partial charge in [-0.2, -0.15) is 0 Å². The van der Waals surface area contributed by atoms with Crippen molar-refractivity contribution in [1.29, 1.82) is 0 Å². The van der Waals surface area contributed by atoms with Crippen LogP contribution in [0.4, 0.5) is 0 Å². The number of rotatable bonds is 3. The van der Waals surface area contributed by atoms with Crippen LogP contribution in [0.5, 0.6) is 0 Å². The Labute approximate surface area is 64.2 Å². The lowest BCUT2D eigenvalue weighted by molar-refractivity contribution is -0.517. The summed E-state index contributed by atoms with van der Waals surface area (Å²) in [5, 5.41) is 0. The minimum absolute atomic E-state index is 0. The van der Waals surface area contributed by atoms with Crippen LogP contribution in [0.15, 0.2) is 0 Å². The molecule has 0 saturated carbocycles. The van der Waals surface area contributed by atoms with Gasteiger partial charge < -0.3 is 12.4 Å². The first-order chi connectivity index (χ1) is 3.85. The van der Waals surface area contributed by atoms with Crippen molar-refractivity contribution in [2.75, 3.05) is 13.1 Å². The maximum absolute atomic E-state index is 2.31. The summed E-state index contributed by atoms with van der Waals surface area (Å²) in [4.78, 5) is 0. The molecule has 0 rings (SSSR count). The monoisotopic (exact) mass is 149 g/mol. The molecule has 0 aliphatic rings. The third-order valence-corrected chi connectivity index (χ3v) is 1.25. The minimum atomic E-state index is 0. The Kier molecular flexibility index (Phi) is 10.4. The Hall–Kier alpha value is -0.0400. The zero-order valence-electron chi connectivity index (χ0n) is 6.52. The normalized spacial score (nSPS) is 7.89. The molecule has 0 saturated heterocycles. The van der Waals surface area contributed by atoms with E-state index in [-0.39, 0.29) is 12.4 Å². The van der Waals surface area contributed by atoms with Gasteiger partial charge >= 0.3 is 0 Å². The summed E-state index contributed by atoms with van der Waals surface area (Å²) in [5.74, 6) is 0. The standard InChI is InChI=1S/C7H16N.ClH/c1-4-7-8(5-2)6-3;/h7H,4-6H2,1-3H3;1H/q+1;/p-1. The fourth-order valence-electron chi connectivity index (χ4n) is 0.740. The van der Waals surface area contributed by atoms with Gasteiger partial charge in [0.1, 0.15) is 19.3 Å². The molecule has 0 amide bonds. The van der Waals surface area contributed by atoms with Crippen molar-refractivity contribution in [3.05, 3.63) is 0 Å². The van der Waals surface area contributed by atoms with E-state index in [2.05, 4.69) is 31.6 Å². The summed E-state index contributed by atoms with van der Waals surface area (Å²) >= 11 is 0. The van der Waals surface area contributed by atoms with Crippen molar-refractivity contribution >= 4 is 6.21 Å². The predicted octanol–water partition coefficient (Wildman–Crippen LogP) is -1.48. The SMILES string of the molecule is CCC=[N+](CC)CC.[Cl-]. The summed E-state index contributed by atoms with van der Waals surface area (Å²) in [7, 11) is 0. The average Bonchev–Trinajstić information content (AvgIpc) is 1.83. The van der Waals surface area contributed by atoms with Gasteiger partial charge in [0.05, 0.1) is 0 Å². The molecule has 56 valence electrons. The highest BCUT2D eigenvalue weighted by Gasteiger charge is 1.89. The lowest BCUT2D eigenvalue weighted by Crippen LogP contribution is -3.00. The molecule has 0 aromatic carbocycles. The largest absolute Gasteiger partial charge is 1.00 e. The molecule has 0 N–H and O–H groups in total. The Morgan fingerprint density at radius 3 is 1.67 bits per heavy atom. The summed E-state index contributed by atoms with van der Waals surface area (Å²) in [5.41, 5.74) is 0. The minimum Gasteiger partial charge on any atom is -1.00 e. The van der Waals surface area contributed by atoms with Crippen LogP contribution < -0.4 is 12.4 Å². The van der Waals surface area contributed by atoms with Crippen molar-refractivity contribution in [3.8, 4) is 0 Å². The topological polar surface area (TPSA) is 3.01 Å². The quantitative estimate of drug-likeness (QED) is 0.341. The van der Waals surface area contributed by atoms with Crippen molar-refractivity contribution in [2.45, 2.75) is 27.2 Å². The number of hydrogen-bond donors (Lipinski definition) is 0. The van der Waals surface area contributed by atoms with Crippen LogP contribution in [-0.2, 0) is 0 Å². The third kappa shape index (κ3) is 5.84. The fraction of sp³-hybridized carbons (Fsp3) is 0.857. The lowest BCUT2D eigenvalue weighted by Gasteiger charge is -1.92. The van der Waals surface area contributed by atoms with Gasteiger partial charge in [-0.05, 0) is 13.8 Å². The molecular weight excluding hydrogens is 134 g/mol. The van der Waals surface area contributed by atoms with E-state index >= 15 is 0 Å². The van der Waals surface area contributed by atoms with Gasteiger partial charge in [0.2, 0.25) is 0 Å². The van der Waals surface area contributed by atoms with Crippen molar-refractivity contribution < 1.29 is 17.0 Å². The number of halogens is 1. The summed E-state index contributed by atoms with van der Waals surface area (Å²) in [6, 6.07) is 0. The average molecular weight is 150 g/mol. The first kappa shape index (κ1) is 11.7. The molecule has 0 heterocycles. The van der Waals surface area contributed by atoms with Crippen molar-refractivity contribution in [1.82, 2.24) is 0 Å². The van der Waals surface area contributed by atoms with Crippen LogP contribution in [0.1, 0.15) is 27.2 Å². The summed E-state index contributed by atoms with van der Waals surface area (Å²) in [6.07, 6.45) is 3.39. The highest BCUT2D eigenvalue weighted by atomic mass is 35.5. The van der Waals surface area contributed by atoms with Gasteiger partial charge in [-0.1, -0.05) is 6.92 Å². The Bertz CT molecular complexity index is 73.0. The third-order valence-electron chi connectivity index (χ3n) is 1.25. The molecule has 0 aliphatic carbocycles. The van der Waals surface area contributed by atoms with Crippen LogP contribution in [0.25, 0.3) is 0 Å². The smallest absolute Gasteiger partial charge is 0.139 e. The zero-order chi connectivity index (χ0) is 6.41. The number of hydrogen-bond acceptors (Lipinski definition) is 0. The van der Waals surface area contributed by atoms with Gasteiger partial charge in [-0.3, -0.25) is 0 Å². The molecular formula is C7H16ClN. The molecule has 0 spiro atoms. The second-order valence-corrected chi connectivity index (χ2v) is 1.81. The number of nitrogens with zero attached hydrogens (tertiary/aromatic N) is 1. The van der Waals surface area contributed by atoms with E-state index in [0.29, 0.717) is 0 Å². The highest BCUT2D eigenvalue weighted by Crippen LogP contribution is 1.73. The van der Waals surface area contributed by atoms with E-state index in [1.807, 2.05) is 0 Å². The van der Waals surface area contributed by atoms with E-state index in [1.54, 1.807) is 0 Å². The molecule has 0 radical (unpaired) electrons. The van der Waals surface area contributed by atoms with Crippen LogP contribution in [0, 0.1) is 0 Å². The fourth-order valence-corrected chi connectivity index (χ4v) is 0.740. The molecule has 2 heteroatoms. The molecule has 0 bridgehead atoms. The molecule has 0 aromatic rings. The van der Waals surface area contributed by atoms with Crippen LogP contribution in [0.2, 0.25) is 0 Å². The van der Waals surface area contributed by atoms with Gasteiger partial charge in [0.15, 0.2) is 0 Å². The van der Waals surface area contributed by atoms with Gasteiger partial charge in [-0.15, -0.1) is 0 Å². The van der Waals surface area contributed by atoms with E-state index in [9.17, 15) is 0 Å². The highest BCUT2D eigenvalue weighted by molar-refractivity contribution is 5.50. The molecule has 0 aromatic heterocycles. The molecule has 0 aliphatic heterocycles. The molecule has 0 fully saturated rings. The van der Waals surface area contributed by atoms with Crippen LogP contribution >= 0.6 is 0 Å². The van der Waals surface area contributed by atoms with Gasteiger partial charge in [0, 0.05) is 6.42 Å². The van der Waals surface area contributed by atoms with Crippen LogP contribution in [0.3, 0.4) is 0 Å². The molecule has 0 unspecified atom stereocenters. The molecule has 0 atom stereocenters. The maximum atomic E-state index is 2.31. The van der Waals surface area contributed by atoms with E-state index in [1.165, 1.54) is 0 Å². The van der Waals surface area contributed by atoms with Crippen molar-refractivity contribution in [2.24, 2.45) is 0 Å². The lowest BCUT2D eigenvalue weighted by atomic mass is 10.5. The van der Waals surface area contributed by atoms with Crippen molar-refractivity contribution in [3.63, 3.8) is 0 Å². The second kappa shape index (κ2) is 7.96. The van der Waals surface area contributed by atoms with Crippen LogP contribution in [-0.4, -0.2) is 23.9 Å². The summed E-state index contributed by atoms with van der Waals surface area (Å²) < 4.78 is 2.31. The van der Waals surface area contributed by atoms with Gasteiger partial charge in [0.25, 0.3) is 0 Å². The Balaban J connectivity index is 0. The Morgan fingerprint density at radius 2 is 1.56 bits per heavy atom. The molecule has 9 heavy (non-hydrogen) atoms. The van der Waals surface area contributed by atoms with Gasteiger partial charge in [-0.25, -0.2) is 4.58 Å². The maximum Gasteiger partial charge on any atom is 0.139 e.